The van der Waals surface area contributed by atoms with Gasteiger partial charge in [-0.2, -0.15) is 5.10 Å². The molecule has 1 heterocycles. The zero-order chi connectivity index (χ0) is 13.8. The van der Waals surface area contributed by atoms with Gasteiger partial charge in [0.1, 0.15) is 5.82 Å². The molecule has 5 heteroatoms. The monoisotopic (exact) mass is 261 g/mol. The highest BCUT2D eigenvalue weighted by Gasteiger charge is 2.08. The lowest BCUT2D eigenvalue weighted by atomic mass is 10.2. The van der Waals surface area contributed by atoms with Crippen LogP contribution in [-0.2, 0) is 13.1 Å². The summed E-state index contributed by atoms with van der Waals surface area (Å²) >= 11 is 0. The highest BCUT2D eigenvalue weighted by molar-refractivity contribution is 5.94. The number of halogens is 1. The predicted octanol–water partition coefficient (Wildman–Crippen LogP) is 2.28. The molecule has 0 aliphatic heterocycles. The van der Waals surface area contributed by atoms with E-state index in [0.29, 0.717) is 12.1 Å². The lowest BCUT2D eigenvalue weighted by Crippen LogP contribution is -2.22. The van der Waals surface area contributed by atoms with E-state index in [-0.39, 0.29) is 11.7 Å². The van der Waals surface area contributed by atoms with Crippen LogP contribution in [0.25, 0.3) is 0 Å². The van der Waals surface area contributed by atoms with E-state index in [2.05, 4.69) is 10.4 Å². The molecule has 0 spiro atoms. The Hall–Kier alpha value is -2.17. The van der Waals surface area contributed by atoms with Crippen LogP contribution in [0.3, 0.4) is 0 Å². The summed E-state index contributed by atoms with van der Waals surface area (Å²) in [6.07, 6.45) is 1.92. The van der Waals surface area contributed by atoms with Crippen LogP contribution in [-0.4, -0.2) is 15.7 Å². The first kappa shape index (κ1) is 13.3. The molecule has 0 aliphatic rings. The molecule has 2 rings (SSSR count). The number of aryl methyl sites for hydroxylation is 2. The van der Waals surface area contributed by atoms with Crippen LogP contribution in [0.4, 0.5) is 4.39 Å². The first-order valence-electron chi connectivity index (χ1n) is 6.17. The summed E-state index contributed by atoms with van der Waals surface area (Å²) in [5.74, 6) is -0.569. The predicted molar refractivity (Wildman–Crippen MR) is 70.2 cm³/mol. The van der Waals surface area contributed by atoms with Gasteiger partial charge in [0.2, 0.25) is 0 Å². The van der Waals surface area contributed by atoms with E-state index >= 15 is 0 Å². The number of carbonyl (C=O) groups excluding carboxylic acids is 1. The van der Waals surface area contributed by atoms with Crippen molar-refractivity contribution in [3.8, 4) is 0 Å². The molecule has 2 aromatic rings. The van der Waals surface area contributed by atoms with Gasteiger partial charge in [0, 0.05) is 30.4 Å². The second-order valence-corrected chi connectivity index (χ2v) is 4.29. The van der Waals surface area contributed by atoms with E-state index < -0.39 is 0 Å². The fourth-order valence-corrected chi connectivity index (χ4v) is 1.77. The minimum Gasteiger partial charge on any atom is -0.348 e. The molecule has 19 heavy (non-hydrogen) atoms. The Morgan fingerprint density at radius 1 is 1.37 bits per heavy atom. The zero-order valence-electron chi connectivity index (χ0n) is 11.0. The molecule has 1 amide bonds. The first-order chi connectivity index (χ1) is 9.10. The van der Waals surface area contributed by atoms with Crippen LogP contribution in [0.15, 0.2) is 30.5 Å². The Kier molecular flexibility index (Phi) is 3.94. The van der Waals surface area contributed by atoms with Crippen LogP contribution < -0.4 is 5.32 Å². The Bertz CT molecular complexity index is 575. The SMILES string of the molecule is CCn1cc(CNC(=O)c2ccc(F)cc2)c(C)n1. The minimum atomic E-state index is -0.350. The van der Waals surface area contributed by atoms with Crippen molar-refractivity contribution in [2.75, 3.05) is 0 Å². The van der Waals surface area contributed by atoms with E-state index in [1.165, 1.54) is 24.3 Å². The molecule has 0 radical (unpaired) electrons. The normalized spacial score (nSPS) is 10.5. The maximum atomic E-state index is 12.8. The number of nitrogens with zero attached hydrogens (tertiary/aromatic N) is 2. The lowest BCUT2D eigenvalue weighted by Gasteiger charge is -2.04. The van der Waals surface area contributed by atoms with Crippen molar-refractivity contribution >= 4 is 5.91 Å². The molecule has 0 bridgehead atoms. The summed E-state index contributed by atoms with van der Waals surface area (Å²) < 4.78 is 14.6. The van der Waals surface area contributed by atoms with E-state index in [1.807, 2.05) is 24.7 Å². The van der Waals surface area contributed by atoms with Gasteiger partial charge in [-0.3, -0.25) is 9.48 Å². The number of hydrogen-bond donors (Lipinski definition) is 1. The summed E-state index contributed by atoms with van der Waals surface area (Å²) in [5, 5.41) is 7.11. The van der Waals surface area contributed by atoms with Crippen LogP contribution >= 0.6 is 0 Å². The zero-order valence-corrected chi connectivity index (χ0v) is 11.0. The molecular weight excluding hydrogens is 245 g/mol. The Labute approximate surface area is 111 Å². The van der Waals surface area contributed by atoms with Gasteiger partial charge < -0.3 is 5.32 Å². The maximum absolute atomic E-state index is 12.8. The second kappa shape index (κ2) is 5.65. The van der Waals surface area contributed by atoms with Crippen LogP contribution in [0, 0.1) is 12.7 Å². The summed E-state index contributed by atoms with van der Waals surface area (Å²) in [6.45, 7) is 5.13. The average Bonchev–Trinajstić information content (AvgIpc) is 2.77. The largest absolute Gasteiger partial charge is 0.348 e. The molecule has 100 valence electrons. The number of benzene rings is 1. The minimum absolute atomic E-state index is 0.219. The van der Waals surface area contributed by atoms with Crippen LogP contribution in [0.5, 0.6) is 0 Å². The van der Waals surface area contributed by atoms with Gasteiger partial charge in [0.05, 0.1) is 5.69 Å². The highest BCUT2D eigenvalue weighted by atomic mass is 19.1. The number of carbonyl (C=O) groups is 1. The number of aromatic nitrogens is 2. The molecule has 0 aliphatic carbocycles. The van der Waals surface area contributed by atoms with Gasteiger partial charge >= 0.3 is 0 Å². The smallest absolute Gasteiger partial charge is 0.251 e. The van der Waals surface area contributed by atoms with Crippen LogP contribution in [0.1, 0.15) is 28.5 Å². The number of hydrogen-bond acceptors (Lipinski definition) is 2. The highest BCUT2D eigenvalue weighted by Crippen LogP contribution is 2.07. The lowest BCUT2D eigenvalue weighted by molar-refractivity contribution is 0.0951. The van der Waals surface area contributed by atoms with Crippen molar-refractivity contribution in [3.05, 3.63) is 53.1 Å². The fourth-order valence-electron chi connectivity index (χ4n) is 1.77. The molecule has 0 saturated carbocycles. The van der Waals surface area contributed by atoms with Crippen molar-refractivity contribution in [3.63, 3.8) is 0 Å². The number of nitrogens with one attached hydrogen (secondary N) is 1. The van der Waals surface area contributed by atoms with Gasteiger partial charge in [0.15, 0.2) is 0 Å². The van der Waals surface area contributed by atoms with Gasteiger partial charge in [-0.25, -0.2) is 4.39 Å². The second-order valence-electron chi connectivity index (χ2n) is 4.29. The fraction of sp³-hybridized carbons (Fsp3) is 0.286. The van der Waals surface area contributed by atoms with Crippen molar-refractivity contribution in [2.45, 2.75) is 26.9 Å². The van der Waals surface area contributed by atoms with Gasteiger partial charge in [-0.05, 0) is 38.1 Å². The average molecular weight is 261 g/mol. The summed E-state index contributed by atoms with van der Waals surface area (Å²) in [6, 6.07) is 5.48. The molecule has 0 fully saturated rings. The third-order valence-electron chi connectivity index (χ3n) is 2.92. The number of rotatable bonds is 4. The molecule has 4 nitrogen and oxygen atoms in total. The van der Waals surface area contributed by atoms with Gasteiger partial charge in [0.25, 0.3) is 5.91 Å². The van der Waals surface area contributed by atoms with E-state index in [1.54, 1.807) is 0 Å². The summed E-state index contributed by atoms with van der Waals surface area (Å²) in [4.78, 5) is 11.9. The van der Waals surface area contributed by atoms with Crippen molar-refractivity contribution in [1.29, 1.82) is 0 Å². The van der Waals surface area contributed by atoms with Gasteiger partial charge in [-0.15, -0.1) is 0 Å². The summed E-state index contributed by atoms with van der Waals surface area (Å²) in [5.41, 5.74) is 2.33. The van der Waals surface area contributed by atoms with Crippen molar-refractivity contribution in [1.82, 2.24) is 15.1 Å². The quantitative estimate of drug-likeness (QED) is 0.917. The topological polar surface area (TPSA) is 46.9 Å². The standard InChI is InChI=1S/C14H16FN3O/c1-3-18-9-12(10(2)17-18)8-16-14(19)11-4-6-13(15)7-5-11/h4-7,9H,3,8H2,1-2H3,(H,16,19). The molecule has 1 aromatic heterocycles. The first-order valence-corrected chi connectivity index (χ1v) is 6.17. The third-order valence-corrected chi connectivity index (χ3v) is 2.92. The summed E-state index contributed by atoms with van der Waals surface area (Å²) in [7, 11) is 0. The molecular formula is C14H16FN3O. The van der Waals surface area contributed by atoms with Gasteiger partial charge in [-0.1, -0.05) is 0 Å². The Balaban J connectivity index is 2.00. The Morgan fingerprint density at radius 2 is 2.05 bits per heavy atom. The van der Waals surface area contributed by atoms with E-state index in [4.69, 9.17) is 0 Å². The van der Waals surface area contributed by atoms with E-state index in [0.717, 1.165) is 17.8 Å². The van der Waals surface area contributed by atoms with Crippen molar-refractivity contribution in [2.24, 2.45) is 0 Å². The number of amides is 1. The molecule has 0 saturated heterocycles. The molecule has 1 N–H and O–H groups in total. The van der Waals surface area contributed by atoms with Crippen LogP contribution in [0.2, 0.25) is 0 Å². The third kappa shape index (κ3) is 3.19. The van der Waals surface area contributed by atoms with E-state index in [9.17, 15) is 9.18 Å². The maximum Gasteiger partial charge on any atom is 0.251 e. The molecule has 0 unspecified atom stereocenters. The molecule has 1 aromatic carbocycles. The van der Waals surface area contributed by atoms with Crippen molar-refractivity contribution < 1.29 is 9.18 Å². The Morgan fingerprint density at radius 3 is 2.63 bits per heavy atom. The molecule has 0 atom stereocenters.